The minimum absolute atomic E-state index is 0.655. The zero-order valence-corrected chi connectivity index (χ0v) is 11.9. The second-order valence-electron chi connectivity index (χ2n) is 5.01. The van der Waals surface area contributed by atoms with Gasteiger partial charge in [-0.15, -0.1) is 0 Å². The Labute approximate surface area is 113 Å². The van der Waals surface area contributed by atoms with Crippen molar-refractivity contribution in [2.75, 3.05) is 12.3 Å². The van der Waals surface area contributed by atoms with E-state index in [0.29, 0.717) is 6.04 Å². The highest BCUT2D eigenvalue weighted by Gasteiger charge is 2.26. The molecular weight excluding hydrogens is 242 g/mol. The predicted octanol–water partition coefficient (Wildman–Crippen LogP) is 2.96. The molecular formula is C15H23NOS. The van der Waals surface area contributed by atoms with Gasteiger partial charge in [0.05, 0.1) is 10.8 Å². The molecule has 0 aliphatic heterocycles. The van der Waals surface area contributed by atoms with Crippen LogP contribution in [0.1, 0.15) is 32.6 Å². The second kappa shape index (κ2) is 7.05. The largest absolute Gasteiger partial charge is 0.314 e. The normalized spacial score (nSPS) is 25.2. The van der Waals surface area contributed by atoms with E-state index in [1.54, 1.807) is 0 Å². The van der Waals surface area contributed by atoms with E-state index in [-0.39, 0.29) is 0 Å². The van der Waals surface area contributed by atoms with Crippen LogP contribution < -0.4 is 5.32 Å². The van der Waals surface area contributed by atoms with Gasteiger partial charge in [0.15, 0.2) is 0 Å². The molecule has 0 heterocycles. The molecule has 1 aliphatic carbocycles. The van der Waals surface area contributed by atoms with Crippen molar-refractivity contribution >= 4 is 10.8 Å². The Bertz CT molecular complexity index is 379. The number of nitrogens with one attached hydrogen (secondary N) is 1. The summed E-state index contributed by atoms with van der Waals surface area (Å²) in [5, 5.41) is 3.56. The monoisotopic (exact) mass is 265 g/mol. The third kappa shape index (κ3) is 3.66. The average Bonchev–Trinajstić information content (AvgIpc) is 2.85. The summed E-state index contributed by atoms with van der Waals surface area (Å²) < 4.78 is 12.2. The fraction of sp³-hybridized carbons (Fsp3) is 0.600. The van der Waals surface area contributed by atoms with Gasteiger partial charge in [-0.05, 0) is 43.9 Å². The Balaban J connectivity index is 1.82. The van der Waals surface area contributed by atoms with Crippen molar-refractivity contribution in [3.63, 3.8) is 0 Å². The molecule has 18 heavy (non-hydrogen) atoms. The van der Waals surface area contributed by atoms with Crippen LogP contribution in [0.3, 0.4) is 0 Å². The maximum Gasteiger partial charge on any atom is 0.0529 e. The van der Waals surface area contributed by atoms with Crippen molar-refractivity contribution in [2.24, 2.45) is 5.92 Å². The highest BCUT2D eigenvalue weighted by atomic mass is 32.2. The summed E-state index contributed by atoms with van der Waals surface area (Å²) in [6.45, 7) is 3.21. The summed E-state index contributed by atoms with van der Waals surface area (Å²) in [6.07, 6.45) is 4.99. The lowest BCUT2D eigenvalue weighted by molar-refractivity contribution is 0.399. The van der Waals surface area contributed by atoms with E-state index in [4.69, 9.17) is 0 Å². The number of rotatable bonds is 6. The first-order valence-corrected chi connectivity index (χ1v) is 8.30. The Morgan fingerprint density at radius 3 is 2.78 bits per heavy atom. The van der Waals surface area contributed by atoms with E-state index in [2.05, 4.69) is 12.2 Å². The summed E-state index contributed by atoms with van der Waals surface area (Å²) in [4.78, 5) is 0.968. The molecule has 3 atom stereocenters. The lowest BCUT2D eigenvalue weighted by Crippen LogP contribution is -2.32. The van der Waals surface area contributed by atoms with Gasteiger partial charge in [-0.1, -0.05) is 31.5 Å². The first kappa shape index (κ1) is 13.8. The van der Waals surface area contributed by atoms with Crippen LogP contribution in [0, 0.1) is 5.92 Å². The van der Waals surface area contributed by atoms with Gasteiger partial charge in [0.1, 0.15) is 0 Å². The molecule has 3 unspecified atom stereocenters. The van der Waals surface area contributed by atoms with E-state index in [0.717, 1.165) is 29.5 Å². The van der Waals surface area contributed by atoms with Crippen molar-refractivity contribution < 1.29 is 4.21 Å². The van der Waals surface area contributed by atoms with E-state index in [1.807, 2.05) is 30.3 Å². The smallest absolute Gasteiger partial charge is 0.0529 e. The fourth-order valence-electron chi connectivity index (χ4n) is 2.86. The Kier molecular flexibility index (Phi) is 5.39. The number of hydrogen-bond donors (Lipinski definition) is 1. The highest BCUT2D eigenvalue weighted by Crippen LogP contribution is 2.28. The van der Waals surface area contributed by atoms with Crippen molar-refractivity contribution in [1.82, 2.24) is 5.32 Å². The van der Waals surface area contributed by atoms with E-state index in [9.17, 15) is 4.21 Å². The van der Waals surface area contributed by atoms with Crippen LogP contribution in [0.5, 0.6) is 0 Å². The van der Waals surface area contributed by atoms with Gasteiger partial charge >= 0.3 is 0 Å². The van der Waals surface area contributed by atoms with Crippen molar-refractivity contribution in [1.29, 1.82) is 0 Å². The molecule has 1 aliphatic rings. The number of hydrogen-bond acceptors (Lipinski definition) is 2. The highest BCUT2D eigenvalue weighted by molar-refractivity contribution is 7.85. The summed E-state index contributed by atoms with van der Waals surface area (Å²) in [7, 11) is -0.826. The molecule has 0 aromatic heterocycles. The molecule has 1 aromatic rings. The molecule has 0 bridgehead atoms. The molecule has 2 nitrogen and oxygen atoms in total. The fourth-order valence-corrected chi connectivity index (χ4v) is 4.08. The van der Waals surface area contributed by atoms with E-state index in [1.165, 1.54) is 19.3 Å². The van der Waals surface area contributed by atoms with Crippen LogP contribution in [0.15, 0.2) is 35.2 Å². The molecule has 1 saturated carbocycles. The molecule has 1 fully saturated rings. The van der Waals surface area contributed by atoms with Gasteiger partial charge in [0, 0.05) is 16.7 Å². The summed E-state index contributed by atoms with van der Waals surface area (Å²) in [5.41, 5.74) is 0. The molecule has 2 rings (SSSR count). The molecule has 0 radical (unpaired) electrons. The van der Waals surface area contributed by atoms with Gasteiger partial charge < -0.3 is 5.32 Å². The molecule has 100 valence electrons. The van der Waals surface area contributed by atoms with Crippen LogP contribution >= 0.6 is 0 Å². The third-order valence-electron chi connectivity index (χ3n) is 3.81. The van der Waals surface area contributed by atoms with Gasteiger partial charge in [-0.25, -0.2) is 0 Å². The van der Waals surface area contributed by atoms with Crippen LogP contribution in [0.25, 0.3) is 0 Å². The van der Waals surface area contributed by atoms with Crippen LogP contribution in [-0.4, -0.2) is 22.5 Å². The van der Waals surface area contributed by atoms with E-state index >= 15 is 0 Å². The summed E-state index contributed by atoms with van der Waals surface area (Å²) >= 11 is 0. The van der Waals surface area contributed by atoms with Crippen molar-refractivity contribution in [3.05, 3.63) is 30.3 Å². The van der Waals surface area contributed by atoms with Crippen LogP contribution in [0.4, 0.5) is 0 Å². The molecule has 1 aromatic carbocycles. The lowest BCUT2D eigenvalue weighted by atomic mass is 10.0. The van der Waals surface area contributed by atoms with Crippen LogP contribution in [-0.2, 0) is 10.8 Å². The van der Waals surface area contributed by atoms with Gasteiger partial charge in [-0.2, -0.15) is 0 Å². The first-order valence-electron chi connectivity index (χ1n) is 6.98. The SMILES string of the molecule is CCNC1CCCC1CCS(=O)c1ccccc1. The van der Waals surface area contributed by atoms with Gasteiger partial charge in [0.25, 0.3) is 0 Å². The minimum Gasteiger partial charge on any atom is -0.314 e. The zero-order chi connectivity index (χ0) is 12.8. The number of benzene rings is 1. The molecule has 1 N–H and O–H groups in total. The Hall–Kier alpha value is -0.670. The van der Waals surface area contributed by atoms with Crippen LogP contribution in [0.2, 0.25) is 0 Å². The zero-order valence-electron chi connectivity index (χ0n) is 11.1. The predicted molar refractivity (Wildman–Crippen MR) is 77.1 cm³/mol. The van der Waals surface area contributed by atoms with Gasteiger partial charge in [-0.3, -0.25) is 4.21 Å². The quantitative estimate of drug-likeness (QED) is 0.857. The van der Waals surface area contributed by atoms with Gasteiger partial charge in [0.2, 0.25) is 0 Å². The Morgan fingerprint density at radius 1 is 1.28 bits per heavy atom. The summed E-state index contributed by atoms with van der Waals surface area (Å²) in [5.74, 6) is 1.52. The minimum atomic E-state index is -0.826. The Morgan fingerprint density at radius 2 is 2.06 bits per heavy atom. The standard InChI is InChI=1S/C15H23NOS/c1-2-16-15-10-6-7-13(15)11-12-18(17)14-8-4-3-5-9-14/h3-5,8-9,13,15-16H,2,6-7,10-12H2,1H3. The maximum atomic E-state index is 12.2. The maximum absolute atomic E-state index is 12.2. The average molecular weight is 265 g/mol. The van der Waals surface area contributed by atoms with E-state index < -0.39 is 10.8 Å². The second-order valence-corrected chi connectivity index (χ2v) is 6.58. The molecule has 0 saturated heterocycles. The molecule has 0 spiro atoms. The molecule has 3 heteroatoms. The summed E-state index contributed by atoms with van der Waals surface area (Å²) in [6, 6.07) is 10.5. The first-order chi connectivity index (χ1) is 8.81. The van der Waals surface area contributed by atoms with Crippen molar-refractivity contribution in [3.8, 4) is 0 Å². The topological polar surface area (TPSA) is 29.1 Å². The third-order valence-corrected chi connectivity index (χ3v) is 5.21. The van der Waals surface area contributed by atoms with Crippen molar-refractivity contribution in [2.45, 2.75) is 43.5 Å². The molecule has 0 amide bonds. The lowest BCUT2D eigenvalue weighted by Gasteiger charge is -2.20.